The van der Waals surface area contributed by atoms with Crippen LogP contribution in [0.15, 0.2) is 52.8 Å². The van der Waals surface area contributed by atoms with Crippen LogP contribution in [-0.4, -0.2) is 36.6 Å². The first-order chi connectivity index (χ1) is 16.4. The molecule has 0 unspecified atom stereocenters. The Hall–Kier alpha value is -4.05. The third-order valence-electron chi connectivity index (χ3n) is 5.04. The lowest BCUT2D eigenvalue weighted by Crippen LogP contribution is -2.15. The lowest BCUT2D eigenvalue weighted by atomic mass is 10.1. The van der Waals surface area contributed by atoms with Crippen LogP contribution in [0.4, 0.5) is 5.69 Å². The smallest absolute Gasteiger partial charge is 0.258 e. The molecule has 34 heavy (non-hydrogen) atoms. The van der Waals surface area contributed by atoms with E-state index < -0.39 is 0 Å². The number of aryl methyl sites for hydroxylation is 1. The number of methoxy groups -OCH3 is 3. The zero-order chi connectivity index (χ0) is 24.2. The van der Waals surface area contributed by atoms with Gasteiger partial charge in [0.2, 0.25) is 5.75 Å². The number of amides is 1. The Labute approximate surface area is 199 Å². The van der Waals surface area contributed by atoms with E-state index in [2.05, 4.69) is 10.3 Å². The van der Waals surface area contributed by atoms with Crippen LogP contribution in [0, 0.1) is 6.92 Å². The van der Waals surface area contributed by atoms with Gasteiger partial charge in [0.05, 0.1) is 32.7 Å². The highest BCUT2D eigenvalue weighted by Gasteiger charge is 2.18. The molecule has 0 radical (unpaired) electrons. The molecule has 0 aliphatic carbocycles. The van der Waals surface area contributed by atoms with Crippen molar-refractivity contribution in [2.45, 2.75) is 13.5 Å². The van der Waals surface area contributed by atoms with E-state index >= 15 is 0 Å². The molecule has 0 fully saturated rings. The number of carbonyl (C=O) groups excluding carboxylic acids is 1. The molecule has 9 nitrogen and oxygen atoms in total. The highest BCUT2D eigenvalue weighted by atomic mass is 32.1. The van der Waals surface area contributed by atoms with Crippen molar-refractivity contribution in [1.29, 1.82) is 0 Å². The van der Waals surface area contributed by atoms with Crippen molar-refractivity contribution >= 4 is 27.9 Å². The average Bonchev–Trinajstić information content (AvgIpc) is 3.32. The second kappa shape index (κ2) is 9.84. The number of hydrogen-bond acceptors (Lipinski definition) is 8. The fourth-order valence-electron chi connectivity index (χ4n) is 3.37. The minimum atomic E-state index is -0.385. The van der Waals surface area contributed by atoms with E-state index in [4.69, 9.17) is 18.9 Å². The van der Waals surface area contributed by atoms with E-state index in [9.17, 15) is 9.59 Å². The molecule has 2 aromatic heterocycles. The molecule has 1 N–H and O–H groups in total. The molecule has 0 aliphatic rings. The summed E-state index contributed by atoms with van der Waals surface area (Å²) in [6.07, 6.45) is 1.68. The van der Waals surface area contributed by atoms with E-state index in [0.717, 1.165) is 5.56 Å². The largest absolute Gasteiger partial charge is 0.493 e. The Kier molecular flexibility index (Phi) is 6.69. The minimum absolute atomic E-state index is 0.0696. The highest BCUT2D eigenvalue weighted by Crippen LogP contribution is 2.38. The van der Waals surface area contributed by atoms with Crippen molar-refractivity contribution in [1.82, 2.24) is 9.38 Å². The fourth-order valence-corrected chi connectivity index (χ4v) is 4.11. The van der Waals surface area contributed by atoms with Gasteiger partial charge in [-0.15, -0.1) is 11.3 Å². The van der Waals surface area contributed by atoms with Crippen LogP contribution in [-0.2, 0) is 6.61 Å². The summed E-state index contributed by atoms with van der Waals surface area (Å²) in [7, 11) is 4.46. The SMILES string of the molecule is COc1cc(C(=O)Nc2ccc(C)cc2OCc2cc(=O)n3ccsc3n2)cc(OC)c1OC. The summed E-state index contributed by atoms with van der Waals surface area (Å²) >= 11 is 1.37. The quantitative estimate of drug-likeness (QED) is 0.407. The number of rotatable bonds is 8. The van der Waals surface area contributed by atoms with E-state index in [-0.39, 0.29) is 18.1 Å². The Morgan fingerprint density at radius 1 is 1.03 bits per heavy atom. The Bertz CT molecular complexity index is 1390. The fraction of sp³-hybridized carbons (Fsp3) is 0.208. The van der Waals surface area contributed by atoms with Gasteiger partial charge < -0.3 is 24.3 Å². The van der Waals surface area contributed by atoms with Crippen molar-refractivity contribution in [3.8, 4) is 23.0 Å². The van der Waals surface area contributed by atoms with Crippen molar-refractivity contribution in [3.63, 3.8) is 0 Å². The van der Waals surface area contributed by atoms with Crippen LogP contribution >= 0.6 is 11.3 Å². The van der Waals surface area contributed by atoms with Crippen molar-refractivity contribution in [2.24, 2.45) is 0 Å². The summed E-state index contributed by atoms with van der Waals surface area (Å²) in [6, 6.07) is 9.99. The van der Waals surface area contributed by atoms with E-state index in [1.54, 1.807) is 35.8 Å². The standard InChI is InChI=1S/C24H23N3O6S/c1-14-5-6-17(26-23(29)15-10-19(30-2)22(32-4)20(11-15)31-3)18(9-14)33-13-16-12-21(28)27-7-8-34-24(27)25-16/h5-12H,13H2,1-4H3,(H,26,29). The van der Waals surface area contributed by atoms with Crippen LogP contribution in [0.2, 0.25) is 0 Å². The molecule has 2 heterocycles. The molecule has 0 atom stereocenters. The predicted molar refractivity (Wildman–Crippen MR) is 129 cm³/mol. The van der Waals surface area contributed by atoms with Gasteiger partial charge in [0.15, 0.2) is 16.5 Å². The first-order valence-electron chi connectivity index (χ1n) is 10.2. The number of nitrogens with one attached hydrogen (secondary N) is 1. The maximum Gasteiger partial charge on any atom is 0.258 e. The number of aromatic nitrogens is 2. The Morgan fingerprint density at radius 3 is 2.44 bits per heavy atom. The predicted octanol–water partition coefficient (Wildman–Crippen LogP) is 3.92. The van der Waals surface area contributed by atoms with Gasteiger partial charge in [-0.05, 0) is 36.8 Å². The molecule has 4 aromatic rings. The molecule has 1 amide bonds. The molecule has 0 saturated heterocycles. The molecule has 0 spiro atoms. The van der Waals surface area contributed by atoms with E-state index in [1.807, 2.05) is 13.0 Å². The van der Waals surface area contributed by atoms with Crippen molar-refractivity contribution < 1.29 is 23.7 Å². The second-order valence-corrected chi connectivity index (χ2v) is 8.17. The first kappa shape index (κ1) is 23.1. The molecule has 0 bridgehead atoms. The zero-order valence-electron chi connectivity index (χ0n) is 19.1. The number of benzene rings is 2. The van der Waals surface area contributed by atoms with Gasteiger partial charge in [0.25, 0.3) is 11.5 Å². The van der Waals surface area contributed by atoms with E-state index in [1.165, 1.54) is 43.1 Å². The molecule has 2 aromatic carbocycles. The molecule has 10 heteroatoms. The lowest BCUT2D eigenvalue weighted by Gasteiger charge is -2.16. The number of thiazole rings is 1. The molecule has 0 saturated carbocycles. The van der Waals surface area contributed by atoms with Gasteiger partial charge in [0, 0.05) is 23.2 Å². The molecular weight excluding hydrogens is 458 g/mol. The highest BCUT2D eigenvalue weighted by molar-refractivity contribution is 7.15. The number of hydrogen-bond donors (Lipinski definition) is 1. The van der Waals surface area contributed by atoms with Crippen LogP contribution in [0.3, 0.4) is 0 Å². The molecule has 0 aliphatic heterocycles. The maximum atomic E-state index is 13.0. The monoisotopic (exact) mass is 481 g/mol. The summed E-state index contributed by atoms with van der Waals surface area (Å²) in [4.78, 5) is 30.3. The van der Waals surface area contributed by atoms with Gasteiger partial charge in [-0.25, -0.2) is 4.98 Å². The number of fused-ring (bicyclic) bond motifs is 1. The lowest BCUT2D eigenvalue weighted by molar-refractivity contribution is 0.102. The molecule has 4 rings (SSSR count). The molecular formula is C24H23N3O6S. The Balaban J connectivity index is 1.58. The van der Waals surface area contributed by atoms with Crippen LogP contribution < -0.4 is 29.8 Å². The zero-order valence-corrected chi connectivity index (χ0v) is 19.9. The van der Waals surface area contributed by atoms with Gasteiger partial charge in [-0.2, -0.15) is 0 Å². The molecule has 176 valence electrons. The van der Waals surface area contributed by atoms with Gasteiger partial charge in [0.1, 0.15) is 12.4 Å². The normalized spacial score (nSPS) is 10.7. The first-order valence-corrected chi connectivity index (χ1v) is 11.1. The Morgan fingerprint density at radius 2 is 1.76 bits per heavy atom. The summed E-state index contributed by atoms with van der Waals surface area (Å²) in [5.74, 6) is 1.20. The van der Waals surface area contributed by atoms with E-state index in [0.29, 0.717) is 44.9 Å². The third kappa shape index (κ3) is 4.67. The third-order valence-corrected chi connectivity index (χ3v) is 5.80. The summed E-state index contributed by atoms with van der Waals surface area (Å²) in [5.41, 5.74) is 2.06. The topological polar surface area (TPSA) is 100 Å². The van der Waals surface area contributed by atoms with Crippen molar-refractivity contribution in [3.05, 3.63) is 75.1 Å². The maximum absolute atomic E-state index is 13.0. The number of anilines is 1. The van der Waals surface area contributed by atoms with Crippen LogP contribution in [0.1, 0.15) is 21.6 Å². The number of nitrogens with zero attached hydrogens (tertiary/aromatic N) is 2. The minimum Gasteiger partial charge on any atom is -0.493 e. The van der Waals surface area contributed by atoms with Crippen LogP contribution in [0.5, 0.6) is 23.0 Å². The number of carbonyl (C=O) groups is 1. The number of ether oxygens (including phenoxy) is 4. The van der Waals surface area contributed by atoms with Crippen LogP contribution in [0.25, 0.3) is 4.96 Å². The summed E-state index contributed by atoms with van der Waals surface area (Å²) in [6.45, 7) is 1.99. The second-order valence-electron chi connectivity index (χ2n) is 7.30. The van der Waals surface area contributed by atoms with Gasteiger partial charge in [-0.1, -0.05) is 6.07 Å². The van der Waals surface area contributed by atoms with Gasteiger partial charge >= 0.3 is 0 Å². The average molecular weight is 482 g/mol. The summed E-state index contributed by atoms with van der Waals surface area (Å²) < 4.78 is 23.4. The van der Waals surface area contributed by atoms with Crippen molar-refractivity contribution in [2.75, 3.05) is 26.6 Å². The van der Waals surface area contributed by atoms with Gasteiger partial charge in [-0.3, -0.25) is 14.0 Å². The summed E-state index contributed by atoms with van der Waals surface area (Å²) in [5, 5.41) is 4.66.